The highest BCUT2D eigenvalue weighted by Gasteiger charge is 2.15. The molecule has 0 spiro atoms. The first-order valence-electron chi connectivity index (χ1n) is 9.43. The smallest absolute Gasteiger partial charge is 0.261 e. The molecule has 1 aromatic heterocycles. The maximum absolute atomic E-state index is 12.6. The second-order valence-corrected chi connectivity index (χ2v) is 8.58. The highest BCUT2D eigenvalue weighted by Crippen LogP contribution is 2.19. The van der Waals surface area contributed by atoms with Gasteiger partial charge in [-0.1, -0.05) is 6.07 Å². The lowest BCUT2D eigenvalue weighted by Gasteiger charge is -2.11. The third kappa shape index (κ3) is 5.89. The monoisotopic (exact) mass is 438 g/mol. The van der Waals surface area contributed by atoms with Gasteiger partial charge in [0.25, 0.3) is 15.9 Å². The van der Waals surface area contributed by atoms with Gasteiger partial charge >= 0.3 is 0 Å². The van der Waals surface area contributed by atoms with Gasteiger partial charge in [0, 0.05) is 17.4 Å². The Morgan fingerprint density at radius 2 is 1.68 bits per heavy atom. The van der Waals surface area contributed by atoms with Crippen molar-refractivity contribution in [2.24, 2.45) is 0 Å². The summed E-state index contributed by atoms with van der Waals surface area (Å²) in [7, 11) is -3.75. The summed E-state index contributed by atoms with van der Waals surface area (Å²) in [4.78, 5) is 28.2. The zero-order valence-corrected chi connectivity index (χ0v) is 17.9. The number of amides is 2. The zero-order chi connectivity index (χ0) is 22.4. The average molecular weight is 439 g/mol. The molecule has 31 heavy (non-hydrogen) atoms. The Kier molecular flexibility index (Phi) is 6.66. The van der Waals surface area contributed by atoms with Crippen molar-refractivity contribution in [1.82, 2.24) is 10.3 Å². The standard InChI is InChI=1S/C22H22N4O4S/c1-15-5-10-20(12-16(15)2)31(29,30)26-18-8-6-17(7-9-18)22(28)24-14-21(27)25-19-4-3-11-23-13-19/h3-13,26H,14H2,1-2H3,(H,24,28)(H,25,27). The van der Waals surface area contributed by atoms with E-state index in [4.69, 9.17) is 0 Å². The van der Waals surface area contributed by atoms with Gasteiger partial charge in [-0.2, -0.15) is 0 Å². The molecule has 0 atom stereocenters. The Balaban J connectivity index is 1.58. The first-order chi connectivity index (χ1) is 14.7. The summed E-state index contributed by atoms with van der Waals surface area (Å²) in [5, 5.41) is 5.13. The Morgan fingerprint density at radius 1 is 0.935 bits per heavy atom. The minimum absolute atomic E-state index is 0.164. The molecule has 2 aromatic carbocycles. The molecule has 0 aliphatic carbocycles. The number of sulfonamides is 1. The number of pyridine rings is 1. The number of hydrogen-bond donors (Lipinski definition) is 3. The summed E-state index contributed by atoms with van der Waals surface area (Å²) >= 11 is 0. The molecule has 0 saturated carbocycles. The van der Waals surface area contributed by atoms with Gasteiger partial charge in [0.05, 0.1) is 23.3 Å². The second kappa shape index (κ2) is 9.40. The SMILES string of the molecule is Cc1ccc(S(=O)(=O)Nc2ccc(C(=O)NCC(=O)Nc3cccnc3)cc2)cc1C. The predicted octanol–water partition coefficient (Wildman–Crippen LogP) is 2.87. The number of rotatable bonds is 7. The van der Waals surface area contributed by atoms with Crippen molar-refractivity contribution in [2.45, 2.75) is 18.7 Å². The first kappa shape index (κ1) is 22.0. The molecule has 8 nitrogen and oxygen atoms in total. The molecule has 0 saturated heterocycles. The maximum atomic E-state index is 12.6. The number of anilines is 2. The number of nitrogens with zero attached hydrogens (tertiary/aromatic N) is 1. The molecule has 0 aliphatic heterocycles. The first-order valence-corrected chi connectivity index (χ1v) is 10.9. The number of nitrogens with one attached hydrogen (secondary N) is 3. The van der Waals surface area contributed by atoms with E-state index in [0.29, 0.717) is 16.9 Å². The van der Waals surface area contributed by atoms with Crippen molar-refractivity contribution >= 4 is 33.2 Å². The van der Waals surface area contributed by atoms with Crippen molar-refractivity contribution in [2.75, 3.05) is 16.6 Å². The van der Waals surface area contributed by atoms with Gasteiger partial charge < -0.3 is 10.6 Å². The fraction of sp³-hybridized carbons (Fsp3) is 0.136. The molecule has 0 aliphatic rings. The Labute approximate surface area is 180 Å². The van der Waals surface area contributed by atoms with Crippen LogP contribution in [0.2, 0.25) is 0 Å². The van der Waals surface area contributed by atoms with Gasteiger partial charge in [0.15, 0.2) is 0 Å². The van der Waals surface area contributed by atoms with Crippen LogP contribution in [0.15, 0.2) is 71.9 Å². The van der Waals surface area contributed by atoms with E-state index in [0.717, 1.165) is 11.1 Å². The Hall–Kier alpha value is -3.72. The van der Waals surface area contributed by atoms with Gasteiger partial charge in [-0.05, 0) is 73.5 Å². The molecule has 160 valence electrons. The van der Waals surface area contributed by atoms with Crippen LogP contribution in [0.25, 0.3) is 0 Å². The summed E-state index contributed by atoms with van der Waals surface area (Å²) in [5.74, 6) is -0.843. The quantitative estimate of drug-likeness (QED) is 0.524. The summed E-state index contributed by atoms with van der Waals surface area (Å²) < 4.78 is 27.6. The van der Waals surface area contributed by atoms with E-state index in [-0.39, 0.29) is 17.3 Å². The molecule has 3 aromatic rings. The number of aryl methyl sites for hydroxylation is 2. The van der Waals surface area contributed by atoms with E-state index in [2.05, 4.69) is 20.3 Å². The van der Waals surface area contributed by atoms with E-state index in [1.807, 2.05) is 13.8 Å². The van der Waals surface area contributed by atoms with E-state index in [9.17, 15) is 18.0 Å². The molecule has 0 unspecified atom stereocenters. The Bertz CT molecular complexity index is 1190. The molecule has 0 radical (unpaired) electrons. The van der Waals surface area contributed by atoms with E-state index in [1.165, 1.54) is 30.5 Å². The van der Waals surface area contributed by atoms with Crippen LogP contribution in [0, 0.1) is 13.8 Å². The fourth-order valence-electron chi connectivity index (χ4n) is 2.69. The van der Waals surface area contributed by atoms with Crippen LogP contribution < -0.4 is 15.4 Å². The van der Waals surface area contributed by atoms with E-state index < -0.39 is 15.9 Å². The summed E-state index contributed by atoms with van der Waals surface area (Å²) in [5.41, 5.74) is 3.03. The predicted molar refractivity (Wildman–Crippen MR) is 118 cm³/mol. The van der Waals surface area contributed by atoms with Crippen molar-refractivity contribution in [3.05, 3.63) is 83.7 Å². The average Bonchev–Trinajstić information content (AvgIpc) is 2.75. The van der Waals surface area contributed by atoms with Crippen molar-refractivity contribution in [3.63, 3.8) is 0 Å². The summed E-state index contributed by atoms with van der Waals surface area (Å²) in [6.07, 6.45) is 3.08. The number of carbonyl (C=O) groups excluding carboxylic acids is 2. The Morgan fingerprint density at radius 3 is 2.32 bits per heavy atom. The minimum atomic E-state index is -3.75. The summed E-state index contributed by atoms with van der Waals surface area (Å²) in [6.45, 7) is 3.54. The van der Waals surface area contributed by atoms with Crippen LogP contribution in [-0.4, -0.2) is 31.8 Å². The second-order valence-electron chi connectivity index (χ2n) is 6.90. The van der Waals surface area contributed by atoms with Gasteiger partial charge in [-0.25, -0.2) is 8.42 Å². The van der Waals surface area contributed by atoms with E-state index in [1.54, 1.807) is 36.5 Å². The largest absolute Gasteiger partial charge is 0.343 e. The van der Waals surface area contributed by atoms with Gasteiger partial charge in [0.1, 0.15) is 0 Å². The molecule has 0 bridgehead atoms. The van der Waals surface area contributed by atoms with Crippen molar-refractivity contribution < 1.29 is 18.0 Å². The summed E-state index contributed by atoms with van der Waals surface area (Å²) in [6, 6.07) is 14.2. The third-order valence-electron chi connectivity index (χ3n) is 4.54. The number of aromatic nitrogens is 1. The van der Waals surface area contributed by atoms with Crippen molar-refractivity contribution in [1.29, 1.82) is 0 Å². The van der Waals surface area contributed by atoms with Crippen LogP contribution in [0.1, 0.15) is 21.5 Å². The molecule has 2 amide bonds. The molecule has 9 heteroatoms. The van der Waals surface area contributed by atoms with Crippen LogP contribution in [0.4, 0.5) is 11.4 Å². The number of benzene rings is 2. The minimum Gasteiger partial charge on any atom is -0.343 e. The molecule has 3 rings (SSSR count). The molecule has 0 fully saturated rings. The zero-order valence-electron chi connectivity index (χ0n) is 17.0. The van der Waals surface area contributed by atoms with Gasteiger partial charge in [-0.15, -0.1) is 0 Å². The molecular formula is C22H22N4O4S. The third-order valence-corrected chi connectivity index (χ3v) is 5.92. The number of carbonyl (C=O) groups is 2. The molecule has 1 heterocycles. The highest BCUT2D eigenvalue weighted by molar-refractivity contribution is 7.92. The topological polar surface area (TPSA) is 117 Å². The lowest BCUT2D eigenvalue weighted by atomic mass is 10.1. The normalized spacial score (nSPS) is 10.9. The maximum Gasteiger partial charge on any atom is 0.261 e. The van der Waals surface area contributed by atoms with Gasteiger partial charge in [0.2, 0.25) is 5.91 Å². The van der Waals surface area contributed by atoms with E-state index >= 15 is 0 Å². The van der Waals surface area contributed by atoms with Crippen molar-refractivity contribution in [3.8, 4) is 0 Å². The van der Waals surface area contributed by atoms with Crippen LogP contribution in [0.5, 0.6) is 0 Å². The highest BCUT2D eigenvalue weighted by atomic mass is 32.2. The van der Waals surface area contributed by atoms with Crippen LogP contribution in [-0.2, 0) is 14.8 Å². The fourth-order valence-corrected chi connectivity index (χ4v) is 3.83. The lowest BCUT2D eigenvalue weighted by Crippen LogP contribution is -2.32. The van der Waals surface area contributed by atoms with Crippen LogP contribution in [0.3, 0.4) is 0 Å². The lowest BCUT2D eigenvalue weighted by molar-refractivity contribution is -0.115. The molecule has 3 N–H and O–H groups in total. The van der Waals surface area contributed by atoms with Crippen LogP contribution >= 0.6 is 0 Å². The van der Waals surface area contributed by atoms with Gasteiger partial charge in [-0.3, -0.25) is 19.3 Å². The molecular weight excluding hydrogens is 416 g/mol. The number of hydrogen-bond acceptors (Lipinski definition) is 5.